The molecule has 4 atom stereocenters. The molecular weight excluding hydrogens is 292 g/mol. The summed E-state index contributed by atoms with van der Waals surface area (Å²) in [7, 11) is 0. The fraction of sp³-hybridized carbons (Fsp3) is 0.737. The van der Waals surface area contributed by atoms with Gasteiger partial charge in [0.15, 0.2) is 0 Å². The molecule has 0 aliphatic heterocycles. The van der Waals surface area contributed by atoms with Crippen molar-refractivity contribution in [3.8, 4) is 0 Å². The lowest BCUT2D eigenvalue weighted by molar-refractivity contribution is -0.214. The van der Waals surface area contributed by atoms with E-state index in [1.165, 1.54) is 0 Å². The van der Waals surface area contributed by atoms with E-state index >= 15 is 0 Å². The molecule has 1 fully saturated rings. The maximum Gasteiger partial charge on any atom is 0.309 e. The largest absolute Gasteiger partial charge is 0.469 e. The molecule has 4 nitrogen and oxygen atoms in total. The lowest BCUT2D eigenvalue weighted by atomic mass is 9.51. The summed E-state index contributed by atoms with van der Waals surface area (Å²) < 4.78 is 11.7. The van der Waals surface area contributed by atoms with Crippen LogP contribution in [0.2, 0.25) is 0 Å². The van der Waals surface area contributed by atoms with Crippen LogP contribution in [0.5, 0.6) is 0 Å². The normalized spacial score (nSPS) is 36.5. The quantitative estimate of drug-likeness (QED) is 0.838. The van der Waals surface area contributed by atoms with Crippen molar-refractivity contribution in [2.45, 2.75) is 72.0 Å². The highest BCUT2D eigenvalue weighted by molar-refractivity contribution is 5.72. The average molecular weight is 320 g/mol. The van der Waals surface area contributed by atoms with Crippen LogP contribution in [-0.2, 0) is 16.0 Å². The molecule has 2 aliphatic carbocycles. The second-order valence-corrected chi connectivity index (χ2v) is 8.01. The third-order valence-corrected chi connectivity index (χ3v) is 6.32. The lowest BCUT2D eigenvalue weighted by Gasteiger charge is -2.57. The summed E-state index contributed by atoms with van der Waals surface area (Å²) in [6.45, 7) is 9.92. The van der Waals surface area contributed by atoms with Gasteiger partial charge in [-0.2, -0.15) is 0 Å². The van der Waals surface area contributed by atoms with Crippen molar-refractivity contribution in [3.63, 3.8) is 0 Å². The van der Waals surface area contributed by atoms with Gasteiger partial charge in [-0.3, -0.25) is 4.79 Å². The van der Waals surface area contributed by atoms with Crippen LogP contribution in [0.3, 0.4) is 0 Å². The Morgan fingerprint density at radius 3 is 2.83 bits per heavy atom. The van der Waals surface area contributed by atoms with Crippen molar-refractivity contribution >= 4 is 5.97 Å². The number of carbonyl (C=O) groups is 1. The third kappa shape index (κ3) is 2.25. The Bertz CT molecular complexity index is 617. The number of aliphatic hydroxyl groups is 1. The van der Waals surface area contributed by atoms with Gasteiger partial charge in [0.1, 0.15) is 11.9 Å². The molecule has 1 aromatic heterocycles. The molecule has 0 saturated heterocycles. The molecule has 0 amide bonds. The highest BCUT2D eigenvalue weighted by Crippen LogP contribution is 2.61. The fourth-order valence-corrected chi connectivity index (χ4v) is 4.51. The minimum absolute atomic E-state index is 0.192. The fourth-order valence-electron chi connectivity index (χ4n) is 4.51. The summed E-state index contributed by atoms with van der Waals surface area (Å²) in [5, 5.41) is 11.4. The second-order valence-electron chi connectivity index (χ2n) is 8.01. The van der Waals surface area contributed by atoms with Crippen molar-refractivity contribution in [1.82, 2.24) is 0 Å². The molecule has 1 aromatic rings. The van der Waals surface area contributed by atoms with Crippen molar-refractivity contribution in [3.05, 3.63) is 23.2 Å². The number of carbonyl (C=O) groups excluding carboxylic acids is 1. The van der Waals surface area contributed by atoms with E-state index in [0.717, 1.165) is 36.1 Å². The molecule has 1 unspecified atom stereocenters. The third-order valence-electron chi connectivity index (χ3n) is 6.32. The maximum absolute atomic E-state index is 12.3. The molecule has 0 spiro atoms. The summed E-state index contributed by atoms with van der Waals surface area (Å²) in [6, 6.07) is 0. The second kappa shape index (κ2) is 5.37. The van der Waals surface area contributed by atoms with E-state index < -0.39 is 17.1 Å². The molecule has 1 N–H and O–H groups in total. The van der Waals surface area contributed by atoms with Gasteiger partial charge in [-0.15, -0.1) is 0 Å². The smallest absolute Gasteiger partial charge is 0.309 e. The van der Waals surface area contributed by atoms with Gasteiger partial charge in [0.2, 0.25) is 0 Å². The number of hydrogen-bond donors (Lipinski definition) is 1. The summed E-state index contributed by atoms with van der Waals surface area (Å²) in [5.74, 6) is 0.639. The van der Waals surface area contributed by atoms with E-state index in [1.807, 2.05) is 20.8 Å². The van der Waals surface area contributed by atoms with Crippen molar-refractivity contribution < 1.29 is 19.1 Å². The average Bonchev–Trinajstić information content (AvgIpc) is 2.82. The lowest BCUT2D eigenvalue weighted by Crippen LogP contribution is -2.60. The van der Waals surface area contributed by atoms with Gasteiger partial charge in [-0.05, 0) is 31.2 Å². The zero-order chi connectivity index (χ0) is 17.0. The molecule has 1 heterocycles. The Hall–Kier alpha value is -1.29. The molecule has 128 valence electrons. The number of fused-ring (bicyclic) bond motifs is 2. The predicted octanol–water partition coefficient (Wildman–Crippen LogP) is 3.94. The van der Waals surface area contributed by atoms with Crippen molar-refractivity contribution in [1.29, 1.82) is 0 Å². The van der Waals surface area contributed by atoms with Crippen molar-refractivity contribution in [2.75, 3.05) is 0 Å². The van der Waals surface area contributed by atoms with Crippen LogP contribution in [0.1, 0.15) is 69.9 Å². The maximum atomic E-state index is 12.3. The molecule has 3 rings (SSSR count). The minimum Gasteiger partial charge on any atom is -0.469 e. The Balaban J connectivity index is 2.13. The number of hydrogen-bond acceptors (Lipinski definition) is 4. The molecule has 0 bridgehead atoms. The van der Waals surface area contributed by atoms with E-state index in [9.17, 15) is 9.90 Å². The Morgan fingerprint density at radius 2 is 2.17 bits per heavy atom. The zero-order valence-electron chi connectivity index (χ0n) is 14.8. The Labute approximate surface area is 138 Å². The zero-order valence-corrected chi connectivity index (χ0v) is 14.8. The van der Waals surface area contributed by atoms with Crippen LogP contribution >= 0.6 is 0 Å². The molecule has 0 aromatic carbocycles. The highest BCUT2D eigenvalue weighted by Gasteiger charge is 2.62. The van der Waals surface area contributed by atoms with E-state index in [4.69, 9.17) is 9.15 Å². The van der Waals surface area contributed by atoms with Gasteiger partial charge in [0, 0.05) is 17.4 Å². The summed E-state index contributed by atoms with van der Waals surface area (Å²) in [4.78, 5) is 12.3. The standard InChI is InChI=1S/C19H28O4/c1-11(2)17(20)23-16-15-12(3)10-22-14(15)9-19(21)8-6-7-13(4)18(16,19)5/h10-11,13,16,21H,6-9H2,1-5H3/t13-,16?,18-,19-/m0/s1. The monoisotopic (exact) mass is 320 g/mol. The first-order chi connectivity index (χ1) is 10.7. The SMILES string of the molecule is Cc1coc2c1C(OC(=O)C(C)C)[C@]1(C)[C@@H](C)CCC[C@]1(O)C2. The van der Waals surface area contributed by atoms with Gasteiger partial charge in [-0.1, -0.05) is 34.1 Å². The Morgan fingerprint density at radius 1 is 1.48 bits per heavy atom. The first kappa shape index (κ1) is 16.6. The predicted molar refractivity (Wildman–Crippen MR) is 86.9 cm³/mol. The molecule has 0 radical (unpaired) electrons. The van der Waals surface area contributed by atoms with E-state index in [-0.39, 0.29) is 17.8 Å². The number of esters is 1. The number of furan rings is 1. The Kier molecular flexibility index (Phi) is 3.87. The molecule has 1 saturated carbocycles. The number of aryl methyl sites for hydroxylation is 1. The number of ether oxygens (including phenoxy) is 1. The first-order valence-electron chi connectivity index (χ1n) is 8.70. The van der Waals surface area contributed by atoms with Crippen LogP contribution in [0.25, 0.3) is 0 Å². The van der Waals surface area contributed by atoms with Gasteiger partial charge >= 0.3 is 5.97 Å². The van der Waals surface area contributed by atoms with Gasteiger partial charge in [-0.25, -0.2) is 0 Å². The number of rotatable bonds is 2. The van der Waals surface area contributed by atoms with E-state index in [2.05, 4.69) is 13.8 Å². The van der Waals surface area contributed by atoms with Gasteiger partial charge in [0.25, 0.3) is 0 Å². The molecule has 4 heteroatoms. The van der Waals surface area contributed by atoms with Crippen LogP contribution < -0.4 is 0 Å². The van der Waals surface area contributed by atoms with Crippen molar-refractivity contribution in [2.24, 2.45) is 17.3 Å². The van der Waals surface area contributed by atoms with Gasteiger partial charge < -0.3 is 14.3 Å². The molecule has 23 heavy (non-hydrogen) atoms. The minimum atomic E-state index is -0.885. The topological polar surface area (TPSA) is 59.7 Å². The van der Waals surface area contributed by atoms with Crippen LogP contribution in [0.15, 0.2) is 10.7 Å². The highest BCUT2D eigenvalue weighted by atomic mass is 16.5. The van der Waals surface area contributed by atoms with E-state index in [0.29, 0.717) is 6.42 Å². The van der Waals surface area contributed by atoms with E-state index in [1.54, 1.807) is 6.26 Å². The summed E-state index contributed by atoms with van der Waals surface area (Å²) in [6.07, 6.45) is 4.54. The van der Waals surface area contributed by atoms with Crippen LogP contribution in [0.4, 0.5) is 0 Å². The first-order valence-corrected chi connectivity index (χ1v) is 8.70. The molecular formula is C19H28O4. The van der Waals surface area contributed by atoms with Crippen LogP contribution in [-0.4, -0.2) is 16.7 Å². The van der Waals surface area contributed by atoms with Crippen LogP contribution in [0, 0.1) is 24.2 Å². The molecule has 2 aliphatic rings. The summed E-state index contributed by atoms with van der Waals surface area (Å²) in [5.41, 5.74) is 0.601. The van der Waals surface area contributed by atoms with Gasteiger partial charge in [0.05, 0.1) is 17.8 Å². The summed E-state index contributed by atoms with van der Waals surface area (Å²) >= 11 is 0.